The van der Waals surface area contributed by atoms with Crippen molar-refractivity contribution in [1.29, 1.82) is 0 Å². The van der Waals surface area contributed by atoms with E-state index in [1.165, 1.54) is 36.4 Å². The molecule has 19 heteroatoms. The molecule has 0 aliphatic rings. The molecule has 3 aromatic carbocycles. The number of phenols is 4. The Labute approximate surface area is 378 Å². The average molecular weight is 929 g/mol. The number of pyridine rings is 1. The van der Waals surface area contributed by atoms with Gasteiger partial charge in [-0.25, -0.2) is 4.98 Å². The molecule has 0 aliphatic heterocycles. The number of halogens is 1. The summed E-state index contributed by atoms with van der Waals surface area (Å²) in [4.78, 5) is 19.5. The zero-order valence-electron chi connectivity index (χ0n) is 37.8. The Balaban J connectivity index is 0.000000889. The number of likely N-dealkylation sites (N-methyl/N-ethyl adjacent to an activating group) is 1. The number of aromatic nitrogens is 1. The summed E-state index contributed by atoms with van der Waals surface area (Å²) in [5.41, 5.74) is 2.23. The molecule has 63 heavy (non-hydrogen) atoms. The van der Waals surface area contributed by atoms with Crippen molar-refractivity contribution < 1.29 is 57.7 Å². The van der Waals surface area contributed by atoms with Crippen molar-refractivity contribution in [2.24, 2.45) is 0 Å². The number of β-amino-alcohol motifs (C(OH)–C–C–N with tert-alkyl or cyclic N) is 2. The zero-order valence-corrected chi connectivity index (χ0v) is 39.4. The summed E-state index contributed by atoms with van der Waals surface area (Å²) in [6.45, 7) is 23.2. The van der Waals surface area contributed by atoms with Gasteiger partial charge in [0.1, 0.15) is 23.0 Å². The first-order valence-corrected chi connectivity index (χ1v) is 21.8. The van der Waals surface area contributed by atoms with Gasteiger partial charge in [-0.15, -0.1) is 12.4 Å². The summed E-state index contributed by atoms with van der Waals surface area (Å²) in [7, 11) is -4.67. The number of rotatable bonds is 16. The summed E-state index contributed by atoms with van der Waals surface area (Å²) >= 11 is 0. The summed E-state index contributed by atoms with van der Waals surface area (Å²) in [5, 5.41) is 67.0. The van der Waals surface area contributed by atoms with E-state index in [9.17, 15) is 35.4 Å². The van der Waals surface area contributed by atoms with Crippen LogP contribution in [0.4, 0.5) is 0 Å². The molecular formula is C44H70ClN5O12S. The fourth-order valence-corrected chi connectivity index (χ4v) is 5.36. The maximum atomic E-state index is 12.7. The number of phenolic OH excluding ortho intramolecular Hbond substituents is 4. The van der Waals surface area contributed by atoms with Gasteiger partial charge >= 0.3 is 10.4 Å². The van der Waals surface area contributed by atoms with Crippen LogP contribution in [0.25, 0.3) is 10.9 Å². The Hall–Kier alpha value is -4.50. The van der Waals surface area contributed by atoms with Gasteiger partial charge < -0.3 is 56.2 Å². The molecular weight excluding hydrogens is 858 g/mol. The second-order valence-corrected chi connectivity index (χ2v) is 17.2. The van der Waals surface area contributed by atoms with Gasteiger partial charge in [-0.2, -0.15) is 8.42 Å². The summed E-state index contributed by atoms with van der Waals surface area (Å²) < 4.78 is 37.3. The molecule has 0 radical (unpaired) electrons. The van der Waals surface area contributed by atoms with E-state index in [0.29, 0.717) is 48.8 Å². The number of nitrogens with one attached hydrogen (secondary N) is 3. The van der Waals surface area contributed by atoms with Crippen LogP contribution in [0.5, 0.6) is 28.9 Å². The number of fused-ring (bicyclic) bond motifs is 1. The van der Waals surface area contributed by atoms with Gasteiger partial charge in [0.2, 0.25) is 5.88 Å². The number of carbonyl (C=O) groups excluding carboxylic acids is 1. The topological polar surface area (TPSA) is 274 Å². The number of amides is 1. The van der Waals surface area contributed by atoms with Crippen molar-refractivity contribution >= 4 is 39.6 Å². The van der Waals surface area contributed by atoms with Crippen LogP contribution in [0.15, 0.2) is 66.7 Å². The number of aliphatic hydroxyl groups is 2. The number of aliphatic hydroxyl groups excluding tert-OH is 2. The molecule has 1 aromatic heterocycles. The monoisotopic (exact) mass is 927 g/mol. The van der Waals surface area contributed by atoms with Crippen LogP contribution < -0.4 is 20.7 Å². The first-order chi connectivity index (χ1) is 28.7. The molecule has 11 N–H and O–H groups in total. The van der Waals surface area contributed by atoms with Gasteiger partial charge in [-0.1, -0.05) is 45.4 Å². The molecule has 0 spiro atoms. The quantitative estimate of drug-likeness (QED) is 0.0435. The van der Waals surface area contributed by atoms with Crippen LogP contribution in [0, 0.1) is 0 Å². The van der Waals surface area contributed by atoms with Crippen molar-refractivity contribution in [3.8, 4) is 28.9 Å². The number of hydrogen-bond donors (Lipinski definition) is 11. The number of ether oxygens (including phenoxy) is 1. The fraction of sp³-hybridized carbons (Fsp3) is 0.500. The lowest BCUT2D eigenvalue weighted by atomic mass is 10.1. The summed E-state index contributed by atoms with van der Waals surface area (Å²) in [6, 6.07) is 17.7. The molecule has 0 aliphatic carbocycles. The molecule has 4 aromatic rings. The van der Waals surface area contributed by atoms with Crippen molar-refractivity contribution in [2.45, 2.75) is 98.4 Å². The predicted molar refractivity (Wildman–Crippen MR) is 249 cm³/mol. The van der Waals surface area contributed by atoms with Gasteiger partial charge in [-0.3, -0.25) is 13.9 Å². The lowest BCUT2D eigenvalue weighted by Gasteiger charge is -2.23. The zero-order chi connectivity index (χ0) is 47.3. The number of carbonyl (C=O) groups is 1. The molecule has 0 bridgehead atoms. The first-order valence-electron chi connectivity index (χ1n) is 20.4. The molecule has 0 fully saturated rings. The highest BCUT2D eigenvalue weighted by Crippen LogP contribution is 2.26. The van der Waals surface area contributed by atoms with Gasteiger partial charge in [0.05, 0.1) is 29.9 Å². The Morgan fingerprint density at radius 2 is 1.17 bits per heavy atom. The molecule has 17 nitrogen and oxygen atoms in total. The number of para-hydroxylation sites is 1. The van der Waals surface area contributed by atoms with Crippen LogP contribution in [0.3, 0.4) is 0 Å². The lowest BCUT2D eigenvalue weighted by molar-refractivity contribution is 0.0949. The molecule has 4 rings (SSSR count). The van der Waals surface area contributed by atoms with Gasteiger partial charge in [0.25, 0.3) is 5.91 Å². The van der Waals surface area contributed by atoms with Crippen LogP contribution in [0.2, 0.25) is 0 Å². The highest BCUT2D eigenvalue weighted by Gasteiger charge is 2.17. The number of hydrogen-bond acceptors (Lipinski definition) is 14. The SMILES string of the molecule is CC(C)(C)NCC(O)c1cc(O)cc(O)c1.CC(C)(C)NCC(O)c1cc(O)cc(O)c1.CCCCOc1cc(C(=O)NCCN(CC)CC)c2ccccc2n1.Cl.O=S(=O)(O)O. The van der Waals surface area contributed by atoms with Crippen LogP contribution in [-0.2, 0) is 10.4 Å². The third-order valence-corrected chi connectivity index (χ3v) is 8.56. The minimum atomic E-state index is -4.67. The maximum Gasteiger partial charge on any atom is 0.394 e. The minimum Gasteiger partial charge on any atom is -0.508 e. The second kappa shape index (κ2) is 28.3. The first kappa shape index (κ1) is 58.5. The summed E-state index contributed by atoms with van der Waals surface area (Å²) in [6.07, 6.45) is 0.529. The van der Waals surface area contributed by atoms with Crippen molar-refractivity contribution in [2.75, 3.05) is 45.9 Å². The Morgan fingerprint density at radius 1 is 0.746 bits per heavy atom. The third-order valence-electron chi connectivity index (χ3n) is 8.56. The molecule has 1 heterocycles. The Kier molecular flexibility index (Phi) is 26.3. The Bertz CT molecular complexity index is 1940. The maximum absolute atomic E-state index is 12.7. The second-order valence-electron chi connectivity index (χ2n) is 16.3. The van der Waals surface area contributed by atoms with Crippen LogP contribution in [0.1, 0.15) is 109 Å². The minimum absolute atomic E-state index is 0. The normalized spacial score (nSPS) is 12.3. The highest BCUT2D eigenvalue weighted by atomic mass is 35.5. The predicted octanol–water partition coefficient (Wildman–Crippen LogP) is 6.29. The van der Waals surface area contributed by atoms with E-state index < -0.39 is 22.6 Å². The third kappa shape index (κ3) is 26.7. The molecule has 2 unspecified atom stereocenters. The van der Waals surface area contributed by atoms with E-state index in [4.69, 9.17) is 22.3 Å². The van der Waals surface area contributed by atoms with E-state index in [-0.39, 0.29) is 52.4 Å². The molecule has 0 saturated carbocycles. The van der Waals surface area contributed by atoms with Crippen molar-refractivity contribution in [1.82, 2.24) is 25.8 Å². The Morgan fingerprint density at radius 3 is 1.57 bits per heavy atom. The lowest BCUT2D eigenvalue weighted by Crippen LogP contribution is -2.38. The highest BCUT2D eigenvalue weighted by molar-refractivity contribution is 7.79. The van der Waals surface area contributed by atoms with Crippen LogP contribution >= 0.6 is 12.4 Å². The number of nitrogens with zero attached hydrogens (tertiary/aromatic N) is 2. The van der Waals surface area contributed by atoms with E-state index >= 15 is 0 Å². The van der Waals surface area contributed by atoms with Crippen molar-refractivity contribution in [3.05, 3.63) is 83.4 Å². The molecule has 0 saturated heterocycles. The van der Waals surface area contributed by atoms with Gasteiger partial charge in [0, 0.05) is 60.8 Å². The standard InChI is InChI=1S/C20H29N3O2.2C12H19NO3.ClH.H2O4S/c1-4-7-14-25-19-15-17(16-10-8-9-11-18(16)22-19)20(24)21-12-13-23(5-2)6-3;2*1-12(2,3)13-7-11(16)8-4-9(14)6-10(15)5-8;;1-5(2,3)4/h8-11,15H,4-7,12-14H2,1-3H3,(H,21,24);2*4-6,11,13-16H,7H2,1-3H3;1H;(H2,1,2,3,4). The number of unbranched alkanes of at least 4 members (excludes halogenated alkanes) is 1. The molecule has 2 atom stereocenters. The van der Waals surface area contributed by atoms with Crippen molar-refractivity contribution in [3.63, 3.8) is 0 Å². The van der Waals surface area contributed by atoms with E-state index in [0.717, 1.165) is 43.4 Å². The van der Waals surface area contributed by atoms with Gasteiger partial charge in [-0.05, 0) is 103 Å². The largest absolute Gasteiger partial charge is 0.508 e. The number of aromatic hydroxyl groups is 4. The summed E-state index contributed by atoms with van der Waals surface area (Å²) in [5.74, 6) is 0.233. The molecule has 1 amide bonds. The smallest absolute Gasteiger partial charge is 0.394 e. The van der Waals surface area contributed by atoms with E-state index in [1.54, 1.807) is 6.07 Å². The van der Waals surface area contributed by atoms with Gasteiger partial charge in [0.15, 0.2) is 0 Å². The van der Waals surface area contributed by atoms with E-state index in [1.807, 2.05) is 65.8 Å². The van der Waals surface area contributed by atoms with E-state index in [2.05, 4.69) is 46.6 Å². The molecule has 356 valence electrons. The fourth-order valence-electron chi connectivity index (χ4n) is 5.36. The van der Waals surface area contributed by atoms with Crippen LogP contribution in [-0.4, -0.2) is 121 Å². The number of benzene rings is 3. The average Bonchev–Trinajstić information content (AvgIpc) is 3.16.